The van der Waals surface area contributed by atoms with E-state index in [0.29, 0.717) is 22.1 Å². The maximum absolute atomic E-state index is 13.7. The Labute approximate surface area is 97.3 Å². The number of aromatic nitrogens is 2. The van der Waals surface area contributed by atoms with E-state index >= 15 is 0 Å². The highest BCUT2D eigenvalue weighted by Crippen LogP contribution is 2.27. The predicted molar refractivity (Wildman–Crippen MR) is 62.0 cm³/mol. The van der Waals surface area contributed by atoms with E-state index in [-0.39, 0.29) is 0 Å². The fourth-order valence-corrected chi connectivity index (χ4v) is 1.56. The highest BCUT2D eigenvalue weighted by molar-refractivity contribution is 6.30. The minimum atomic E-state index is -0.412. The Morgan fingerprint density at radius 2 is 2.00 bits per heavy atom. The van der Waals surface area contributed by atoms with Gasteiger partial charge in [-0.05, 0) is 18.2 Å². The highest BCUT2D eigenvalue weighted by Gasteiger charge is 2.11. The number of rotatable bonds is 2. The van der Waals surface area contributed by atoms with Crippen LogP contribution in [0.3, 0.4) is 0 Å². The fraction of sp³-hybridized carbons (Fsp3) is 0.0909. The lowest BCUT2D eigenvalue weighted by atomic mass is 10.1. The predicted octanol–water partition coefficient (Wildman–Crippen LogP) is 2.98. The van der Waals surface area contributed by atoms with E-state index in [1.54, 1.807) is 25.4 Å². The van der Waals surface area contributed by atoms with Crippen molar-refractivity contribution in [1.29, 1.82) is 0 Å². The molecule has 0 radical (unpaired) electrons. The molecule has 0 aliphatic carbocycles. The molecule has 0 atom stereocenters. The van der Waals surface area contributed by atoms with Crippen LogP contribution in [0.25, 0.3) is 11.3 Å². The summed E-state index contributed by atoms with van der Waals surface area (Å²) in [5, 5.41) is 3.22. The van der Waals surface area contributed by atoms with Gasteiger partial charge in [0.25, 0.3) is 0 Å². The van der Waals surface area contributed by atoms with Gasteiger partial charge in [0.15, 0.2) is 5.82 Å². The van der Waals surface area contributed by atoms with Crippen LogP contribution < -0.4 is 5.32 Å². The van der Waals surface area contributed by atoms with Crippen LogP contribution in [0.5, 0.6) is 0 Å². The van der Waals surface area contributed by atoms with E-state index in [4.69, 9.17) is 11.6 Å². The van der Waals surface area contributed by atoms with Gasteiger partial charge in [-0.3, -0.25) is 4.98 Å². The Morgan fingerprint density at radius 3 is 2.69 bits per heavy atom. The number of nitrogens with zero attached hydrogens (tertiary/aromatic N) is 2. The summed E-state index contributed by atoms with van der Waals surface area (Å²) in [6.07, 6.45) is 3.06. The van der Waals surface area contributed by atoms with Gasteiger partial charge in [0.2, 0.25) is 0 Å². The number of benzene rings is 1. The normalized spacial score (nSPS) is 10.2. The zero-order valence-corrected chi connectivity index (χ0v) is 9.29. The first-order valence-electron chi connectivity index (χ1n) is 4.66. The number of nitrogens with one attached hydrogen (secondary N) is 1. The molecule has 0 spiro atoms. The molecule has 16 heavy (non-hydrogen) atoms. The SMILES string of the molecule is CNc1nccnc1-c1ccc(Cl)cc1F. The largest absolute Gasteiger partial charge is 0.371 e. The van der Waals surface area contributed by atoms with E-state index < -0.39 is 5.82 Å². The van der Waals surface area contributed by atoms with Crippen molar-refractivity contribution in [2.45, 2.75) is 0 Å². The molecule has 1 N–H and O–H groups in total. The molecule has 0 unspecified atom stereocenters. The molecule has 1 heterocycles. The average Bonchev–Trinajstić information content (AvgIpc) is 2.29. The van der Waals surface area contributed by atoms with Gasteiger partial charge < -0.3 is 5.32 Å². The van der Waals surface area contributed by atoms with Gasteiger partial charge >= 0.3 is 0 Å². The van der Waals surface area contributed by atoms with Crippen LogP contribution in [0.2, 0.25) is 5.02 Å². The molecule has 0 bridgehead atoms. The Morgan fingerprint density at radius 1 is 1.25 bits per heavy atom. The quantitative estimate of drug-likeness (QED) is 0.873. The Bertz CT molecular complexity index is 516. The van der Waals surface area contributed by atoms with E-state index in [1.165, 1.54) is 12.3 Å². The molecule has 2 aromatic rings. The summed E-state index contributed by atoms with van der Waals surface area (Å²) in [6, 6.07) is 4.46. The molecule has 0 saturated heterocycles. The molecule has 0 fully saturated rings. The number of hydrogen-bond donors (Lipinski definition) is 1. The lowest BCUT2D eigenvalue weighted by Crippen LogP contribution is -1.98. The summed E-state index contributed by atoms with van der Waals surface area (Å²) < 4.78 is 13.7. The van der Waals surface area contributed by atoms with Crippen LogP contribution in [0, 0.1) is 5.82 Å². The minimum Gasteiger partial charge on any atom is -0.371 e. The van der Waals surface area contributed by atoms with Gasteiger partial charge in [0.05, 0.1) is 0 Å². The summed E-state index contributed by atoms with van der Waals surface area (Å²) in [5.41, 5.74) is 0.848. The molecule has 2 rings (SSSR count). The van der Waals surface area contributed by atoms with E-state index in [9.17, 15) is 4.39 Å². The molecule has 1 aromatic heterocycles. The summed E-state index contributed by atoms with van der Waals surface area (Å²) >= 11 is 5.69. The lowest BCUT2D eigenvalue weighted by Gasteiger charge is -2.07. The number of anilines is 1. The second-order valence-corrected chi connectivity index (χ2v) is 3.56. The Hall–Kier alpha value is -1.68. The first-order valence-corrected chi connectivity index (χ1v) is 5.04. The second kappa shape index (κ2) is 4.45. The van der Waals surface area contributed by atoms with Crippen molar-refractivity contribution in [3.63, 3.8) is 0 Å². The smallest absolute Gasteiger partial charge is 0.152 e. The molecule has 0 aliphatic heterocycles. The minimum absolute atomic E-state index is 0.358. The fourth-order valence-electron chi connectivity index (χ4n) is 1.40. The molecule has 0 aliphatic rings. The van der Waals surface area contributed by atoms with E-state index in [1.807, 2.05) is 0 Å². The van der Waals surface area contributed by atoms with Gasteiger partial charge in [-0.15, -0.1) is 0 Å². The lowest BCUT2D eigenvalue weighted by molar-refractivity contribution is 0.631. The highest BCUT2D eigenvalue weighted by atomic mass is 35.5. The first-order chi connectivity index (χ1) is 7.72. The standard InChI is InChI=1S/C11H9ClFN3/c1-14-11-10(15-4-5-16-11)8-3-2-7(12)6-9(8)13/h2-6H,1H3,(H,14,16). The molecular weight excluding hydrogens is 229 g/mol. The monoisotopic (exact) mass is 237 g/mol. The third-order valence-corrected chi connectivity index (χ3v) is 2.36. The summed E-state index contributed by atoms with van der Waals surface area (Å²) in [4.78, 5) is 8.17. The van der Waals surface area contributed by atoms with Gasteiger partial charge in [0.1, 0.15) is 11.5 Å². The molecule has 3 nitrogen and oxygen atoms in total. The molecule has 5 heteroatoms. The van der Waals surface area contributed by atoms with Crippen molar-refractivity contribution in [2.75, 3.05) is 12.4 Å². The Balaban J connectivity index is 2.58. The van der Waals surface area contributed by atoms with Crippen LogP contribution in [0.1, 0.15) is 0 Å². The van der Waals surface area contributed by atoms with E-state index in [2.05, 4.69) is 15.3 Å². The summed E-state index contributed by atoms with van der Waals surface area (Å²) in [5.74, 6) is 0.119. The molecular formula is C11H9ClFN3. The maximum atomic E-state index is 13.7. The summed E-state index contributed by atoms with van der Waals surface area (Å²) in [7, 11) is 1.71. The third kappa shape index (κ3) is 1.97. The zero-order valence-electron chi connectivity index (χ0n) is 8.54. The summed E-state index contributed by atoms with van der Waals surface area (Å²) in [6.45, 7) is 0. The maximum Gasteiger partial charge on any atom is 0.152 e. The van der Waals surface area contributed by atoms with Crippen LogP contribution in [0.15, 0.2) is 30.6 Å². The molecule has 0 amide bonds. The van der Waals surface area contributed by atoms with Crippen LogP contribution in [-0.2, 0) is 0 Å². The van der Waals surface area contributed by atoms with Gasteiger partial charge in [-0.2, -0.15) is 0 Å². The Kier molecular flexibility index (Phi) is 3.01. The van der Waals surface area contributed by atoms with Crippen molar-refractivity contribution in [1.82, 2.24) is 9.97 Å². The van der Waals surface area contributed by atoms with Gasteiger partial charge in [0, 0.05) is 30.0 Å². The van der Waals surface area contributed by atoms with Gasteiger partial charge in [-0.1, -0.05) is 11.6 Å². The third-order valence-electron chi connectivity index (χ3n) is 2.12. The van der Waals surface area contributed by atoms with Crippen LogP contribution >= 0.6 is 11.6 Å². The topological polar surface area (TPSA) is 37.8 Å². The second-order valence-electron chi connectivity index (χ2n) is 3.13. The molecule has 82 valence electrons. The van der Waals surface area contributed by atoms with Crippen molar-refractivity contribution < 1.29 is 4.39 Å². The molecule has 0 saturated carbocycles. The van der Waals surface area contributed by atoms with Crippen molar-refractivity contribution in [3.8, 4) is 11.3 Å². The van der Waals surface area contributed by atoms with Crippen molar-refractivity contribution in [2.24, 2.45) is 0 Å². The number of halogens is 2. The molecule has 1 aromatic carbocycles. The average molecular weight is 238 g/mol. The van der Waals surface area contributed by atoms with Gasteiger partial charge in [-0.25, -0.2) is 9.37 Å². The first kappa shape index (κ1) is 10.8. The van der Waals surface area contributed by atoms with Crippen LogP contribution in [-0.4, -0.2) is 17.0 Å². The van der Waals surface area contributed by atoms with Crippen LogP contribution in [0.4, 0.5) is 10.2 Å². The van der Waals surface area contributed by atoms with E-state index in [0.717, 1.165) is 0 Å². The zero-order chi connectivity index (χ0) is 11.5. The number of hydrogen-bond acceptors (Lipinski definition) is 3. The van der Waals surface area contributed by atoms with Crippen molar-refractivity contribution in [3.05, 3.63) is 41.4 Å². The van der Waals surface area contributed by atoms with Crippen molar-refractivity contribution >= 4 is 17.4 Å².